The van der Waals surface area contributed by atoms with Crippen molar-refractivity contribution in [3.8, 4) is 0 Å². The summed E-state index contributed by atoms with van der Waals surface area (Å²) in [6.07, 6.45) is 0.401. The van der Waals surface area contributed by atoms with E-state index >= 15 is 0 Å². The number of carboxylic acids is 1. The molecule has 1 amide bonds. The van der Waals surface area contributed by atoms with E-state index in [1.807, 2.05) is 0 Å². The molecule has 0 fully saturated rings. The third kappa shape index (κ3) is 2.93. The Morgan fingerprint density at radius 1 is 1.52 bits per heavy atom. The topological polar surface area (TPSA) is 126 Å². The number of aliphatic carboxylic acids is 1. The number of H-pyrrole nitrogens is 1. The zero-order chi connectivity index (χ0) is 15.7. The molecule has 4 N–H and O–H groups in total. The SMILES string of the molecule is CCC(Sc1nc2sc(C(N)=O)c(C)c2c(=O)[nH]1)C(=O)O. The number of aromatic nitrogens is 2. The maximum absolute atomic E-state index is 12.1. The van der Waals surface area contributed by atoms with E-state index in [1.165, 1.54) is 0 Å². The minimum atomic E-state index is -0.967. The van der Waals surface area contributed by atoms with E-state index < -0.39 is 22.7 Å². The molecule has 0 saturated carbocycles. The van der Waals surface area contributed by atoms with Crippen molar-refractivity contribution >= 4 is 45.2 Å². The molecule has 2 heterocycles. The number of primary amides is 1. The first kappa shape index (κ1) is 15.5. The summed E-state index contributed by atoms with van der Waals surface area (Å²) in [5, 5.41) is 8.89. The second kappa shape index (κ2) is 5.86. The molecule has 2 aromatic rings. The molecule has 21 heavy (non-hydrogen) atoms. The van der Waals surface area contributed by atoms with Crippen LogP contribution in [-0.4, -0.2) is 32.2 Å². The number of aromatic amines is 1. The zero-order valence-electron chi connectivity index (χ0n) is 11.3. The number of amides is 1. The van der Waals surface area contributed by atoms with Crippen molar-refractivity contribution in [1.29, 1.82) is 0 Å². The predicted octanol–water partition coefficient (Wildman–Crippen LogP) is 1.35. The number of carbonyl (C=O) groups is 2. The van der Waals surface area contributed by atoms with Crippen LogP contribution in [0.25, 0.3) is 10.2 Å². The minimum absolute atomic E-state index is 0.221. The average molecular weight is 327 g/mol. The summed E-state index contributed by atoms with van der Waals surface area (Å²) in [5.74, 6) is -1.58. The highest BCUT2D eigenvalue weighted by molar-refractivity contribution is 8.00. The lowest BCUT2D eigenvalue weighted by Crippen LogP contribution is -2.17. The van der Waals surface area contributed by atoms with Crippen LogP contribution in [0.3, 0.4) is 0 Å². The molecular formula is C12H13N3O4S2. The Labute approximate surface area is 127 Å². The molecule has 112 valence electrons. The molecule has 7 nitrogen and oxygen atoms in total. The van der Waals surface area contributed by atoms with Crippen molar-refractivity contribution in [3.63, 3.8) is 0 Å². The van der Waals surface area contributed by atoms with Crippen molar-refractivity contribution in [2.75, 3.05) is 0 Å². The van der Waals surface area contributed by atoms with Crippen LogP contribution < -0.4 is 11.3 Å². The second-order valence-corrected chi connectivity index (χ2v) is 6.52. The van der Waals surface area contributed by atoms with Crippen LogP contribution >= 0.6 is 23.1 Å². The van der Waals surface area contributed by atoms with E-state index in [4.69, 9.17) is 10.8 Å². The maximum atomic E-state index is 12.1. The van der Waals surface area contributed by atoms with Crippen molar-refractivity contribution in [3.05, 3.63) is 20.8 Å². The molecule has 2 rings (SSSR count). The molecule has 0 aliphatic rings. The van der Waals surface area contributed by atoms with Gasteiger partial charge >= 0.3 is 5.97 Å². The van der Waals surface area contributed by atoms with Gasteiger partial charge in [-0.2, -0.15) is 0 Å². The molecule has 0 aromatic carbocycles. The fourth-order valence-electron chi connectivity index (χ4n) is 1.86. The number of nitrogens with zero attached hydrogens (tertiary/aromatic N) is 1. The number of carbonyl (C=O) groups excluding carboxylic acids is 1. The van der Waals surface area contributed by atoms with E-state index in [-0.39, 0.29) is 10.0 Å². The van der Waals surface area contributed by atoms with E-state index in [1.54, 1.807) is 13.8 Å². The summed E-state index contributed by atoms with van der Waals surface area (Å²) < 4.78 is 0. The molecule has 0 spiro atoms. The number of nitrogens with one attached hydrogen (secondary N) is 1. The molecule has 1 unspecified atom stereocenters. The van der Waals surface area contributed by atoms with Crippen molar-refractivity contribution in [2.24, 2.45) is 5.73 Å². The molecule has 0 radical (unpaired) electrons. The molecule has 0 saturated heterocycles. The van der Waals surface area contributed by atoms with Gasteiger partial charge in [-0.25, -0.2) is 4.98 Å². The minimum Gasteiger partial charge on any atom is -0.480 e. The van der Waals surface area contributed by atoms with Crippen molar-refractivity contribution in [2.45, 2.75) is 30.7 Å². The number of carboxylic acid groups (broad SMARTS) is 1. The third-order valence-corrected chi connectivity index (χ3v) is 5.34. The van der Waals surface area contributed by atoms with Crippen LogP contribution in [0.2, 0.25) is 0 Å². The number of fused-ring (bicyclic) bond motifs is 1. The Hall–Kier alpha value is -1.87. The quantitative estimate of drug-likeness (QED) is 0.562. The average Bonchev–Trinajstić information content (AvgIpc) is 2.73. The maximum Gasteiger partial charge on any atom is 0.317 e. The number of rotatable bonds is 5. The van der Waals surface area contributed by atoms with Gasteiger partial charge in [-0.1, -0.05) is 18.7 Å². The molecule has 0 aliphatic carbocycles. The summed E-state index contributed by atoms with van der Waals surface area (Å²) >= 11 is 2.01. The first-order valence-corrected chi connectivity index (χ1v) is 7.77. The number of thiophene rings is 1. The van der Waals surface area contributed by atoms with Gasteiger partial charge < -0.3 is 15.8 Å². The highest BCUT2D eigenvalue weighted by atomic mass is 32.2. The van der Waals surface area contributed by atoms with Gasteiger partial charge in [0.05, 0.1) is 10.3 Å². The smallest absolute Gasteiger partial charge is 0.317 e. The molecule has 1 atom stereocenters. The van der Waals surface area contributed by atoms with Gasteiger partial charge in [0.25, 0.3) is 11.5 Å². The number of aryl methyl sites for hydroxylation is 1. The lowest BCUT2D eigenvalue weighted by Gasteiger charge is -2.07. The Morgan fingerprint density at radius 2 is 2.19 bits per heavy atom. The Kier molecular flexibility index (Phi) is 4.33. The third-order valence-electron chi connectivity index (χ3n) is 2.90. The highest BCUT2D eigenvalue weighted by Gasteiger charge is 2.21. The number of hydrogen-bond acceptors (Lipinski definition) is 6. The van der Waals surface area contributed by atoms with Crippen molar-refractivity contribution in [1.82, 2.24) is 9.97 Å². The second-order valence-electron chi connectivity index (χ2n) is 4.32. The van der Waals surface area contributed by atoms with Crippen LogP contribution in [0, 0.1) is 6.92 Å². The van der Waals surface area contributed by atoms with Crippen LogP contribution in [0.15, 0.2) is 9.95 Å². The van der Waals surface area contributed by atoms with Crippen molar-refractivity contribution < 1.29 is 14.7 Å². The fraction of sp³-hybridized carbons (Fsp3) is 0.333. The lowest BCUT2D eigenvalue weighted by molar-refractivity contribution is -0.136. The first-order chi connectivity index (χ1) is 9.85. The summed E-state index contributed by atoms with van der Waals surface area (Å²) in [6.45, 7) is 3.37. The normalized spacial score (nSPS) is 12.5. The van der Waals surface area contributed by atoms with Crippen LogP contribution in [0.1, 0.15) is 28.6 Å². The highest BCUT2D eigenvalue weighted by Crippen LogP contribution is 2.29. The molecular weight excluding hydrogens is 314 g/mol. The largest absolute Gasteiger partial charge is 0.480 e. The summed E-state index contributed by atoms with van der Waals surface area (Å²) in [7, 11) is 0. The van der Waals surface area contributed by atoms with Gasteiger partial charge in [-0.05, 0) is 18.9 Å². The van der Waals surface area contributed by atoms with E-state index in [2.05, 4.69) is 9.97 Å². The molecule has 0 aliphatic heterocycles. The monoisotopic (exact) mass is 327 g/mol. The van der Waals surface area contributed by atoms with Gasteiger partial charge in [0.1, 0.15) is 10.1 Å². The molecule has 0 bridgehead atoms. The van der Waals surface area contributed by atoms with Gasteiger partial charge in [0.15, 0.2) is 5.16 Å². The first-order valence-electron chi connectivity index (χ1n) is 6.07. The molecule has 9 heteroatoms. The van der Waals surface area contributed by atoms with Crippen LogP contribution in [0.4, 0.5) is 0 Å². The van der Waals surface area contributed by atoms with Gasteiger partial charge in [-0.3, -0.25) is 14.4 Å². The van der Waals surface area contributed by atoms with Crippen LogP contribution in [-0.2, 0) is 4.79 Å². The molecule has 2 aromatic heterocycles. The Bertz CT molecular complexity index is 781. The van der Waals surface area contributed by atoms with Crippen LogP contribution in [0.5, 0.6) is 0 Å². The fourth-order valence-corrected chi connectivity index (χ4v) is 3.78. The van der Waals surface area contributed by atoms with Gasteiger partial charge in [-0.15, -0.1) is 11.3 Å². The Morgan fingerprint density at radius 3 is 2.71 bits per heavy atom. The van der Waals surface area contributed by atoms with Gasteiger partial charge in [0, 0.05) is 0 Å². The Balaban J connectivity index is 2.53. The van der Waals surface area contributed by atoms with E-state index in [0.717, 1.165) is 23.1 Å². The predicted molar refractivity (Wildman–Crippen MR) is 81.1 cm³/mol. The van der Waals surface area contributed by atoms with E-state index in [9.17, 15) is 14.4 Å². The summed E-state index contributed by atoms with van der Waals surface area (Å²) in [6, 6.07) is 0. The zero-order valence-corrected chi connectivity index (χ0v) is 12.9. The number of thioether (sulfide) groups is 1. The number of hydrogen-bond donors (Lipinski definition) is 3. The van der Waals surface area contributed by atoms with E-state index in [0.29, 0.717) is 22.2 Å². The standard InChI is InChI=1S/C12H13N3O4S2/c1-3-5(11(18)19)20-12-14-9(17)6-4(2)7(8(13)16)21-10(6)15-12/h5H,3H2,1-2H3,(H2,13,16)(H,18,19)(H,14,15,17). The van der Waals surface area contributed by atoms with Gasteiger partial charge in [0.2, 0.25) is 0 Å². The summed E-state index contributed by atoms with van der Waals surface area (Å²) in [4.78, 5) is 41.9. The lowest BCUT2D eigenvalue weighted by atomic mass is 10.2. The summed E-state index contributed by atoms with van der Waals surface area (Å²) in [5.41, 5.74) is 5.36. The number of nitrogens with two attached hydrogens (primary N) is 1.